The highest BCUT2D eigenvalue weighted by Crippen LogP contribution is 2.22. The van der Waals surface area contributed by atoms with E-state index in [1.807, 2.05) is 0 Å². The minimum Gasteiger partial charge on any atom is -0.354 e. The summed E-state index contributed by atoms with van der Waals surface area (Å²) in [5, 5.41) is 3.19. The number of nitrogens with one attached hydrogen (secondary N) is 1. The van der Waals surface area contributed by atoms with Crippen molar-refractivity contribution in [3.63, 3.8) is 0 Å². The van der Waals surface area contributed by atoms with Crippen molar-refractivity contribution in [2.75, 3.05) is 25.9 Å². The van der Waals surface area contributed by atoms with Crippen molar-refractivity contribution in [3.8, 4) is 0 Å². The molecule has 8 heteroatoms. The first kappa shape index (κ1) is 20.3. The van der Waals surface area contributed by atoms with Crippen LogP contribution in [0, 0.1) is 0 Å². The lowest BCUT2D eigenvalue weighted by atomic mass is 10.3. The highest BCUT2D eigenvalue weighted by Gasteiger charge is 2.22. The maximum atomic E-state index is 12.3. The molecule has 1 aromatic carbocycles. The van der Waals surface area contributed by atoms with Crippen LogP contribution in [-0.2, 0) is 14.8 Å². The Morgan fingerprint density at radius 2 is 1.83 bits per heavy atom. The summed E-state index contributed by atoms with van der Waals surface area (Å²) in [6.45, 7) is 6.60. The summed E-state index contributed by atoms with van der Waals surface area (Å²) in [5.41, 5.74) is 0. The Morgan fingerprint density at radius 3 is 2.35 bits per heavy atom. The lowest BCUT2D eigenvalue weighted by molar-refractivity contribution is -0.121. The third-order valence-electron chi connectivity index (χ3n) is 2.85. The van der Waals surface area contributed by atoms with E-state index in [2.05, 4.69) is 26.1 Å². The molecule has 130 valence electrons. The van der Waals surface area contributed by atoms with Crippen LogP contribution in [0.4, 0.5) is 0 Å². The number of nitrogens with zero attached hydrogens (tertiary/aromatic N) is 1. The molecule has 0 aromatic heterocycles. The zero-order valence-electron chi connectivity index (χ0n) is 13.8. The van der Waals surface area contributed by atoms with Crippen LogP contribution in [0.5, 0.6) is 0 Å². The van der Waals surface area contributed by atoms with Crippen LogP contribution in [0.15, 0.2) is 29.2 Å². The average Bonchev–Trinajstić information content (AvgIpc) is 2.43. The number of amides is 1. The highest BCUT2D eigenvalue weighted by atomic mass is 35.5. The van der Waals surface area contributed by atoms with Gasteiger partial charge in [-0.15, -0.1) is 0 Å². The predicted octanol–water partition coefficient (Wildman–Crippen LogP) is 2.61. The molecule has 0 radical (unpaired) electrons. The lowest BCUT2D eigenvalue weighted by Crippen LogP contribution is -2.39. The first-order valence-electron chi connectivity index (χ1n) is 7.15. The third kappa shape index (κ3) is 7.12. The van der Waals surface area contributed by atoms with Gasteiger partial charge in [-0.2, -0.15) is 16.1 Å². The molecule has 0 fully saturated rings. The number of hydrogen-bond acceptors (Lipinski definition) is 4. The van der Waals surface area contributed by atoms with Crippen molar-refractivity contribution in [3.05, 3.63) is 29.3 Å². The molecule has 0 aliphatic heterocycles. The van der Waals surface area contributed by atoms with Crippen molar-refractivity contribution in [1.82, 2.24) is 9.62 Å². The average molecular weight is 379 g/mol. The van der Waals surface area contributed by atoms with Gasteiger partial charge in [0.1, 0.15) is 0 Å². The molecule has 0 saturated carbocycles. The molecule has 1 N–H and O–H groups in total. The van der Waals surface area contributed by atoms with Crippen molar-refractivity contribution < 1.29 is 13.2 Å². The second kappa shape index (κ2) is 8.37. The van der Waals surface area contributed by atoms with Gasteiger partial charge in [-0.05, 0) is 24.3 Å². The van der Waals surface area contributed by atoms with Crippen LogP contribution >= 0.6 is 23.4 Å². The summed E-state index contributed by atoms with van der Waals surface area (Å²) in [5.74, 6) is 0.461. The number of thioether (sulfide) groups is 1. The fraction of sp³-hybridized carbons (Fsp3) is 0.533. The van der Waals surface area contributed by atoms with Gasteiger partial charge in [0.05, 0.1) is 11.4 Å². The Bertz CT molecular complexity index is 625. The van der Waals surface area contributed by atoms with E-state index in [4.69, 9.17) is 11.6 Å². The molecule has 0 heterocycles. The number of halogens is 1. The molecule has 0 aliphatic rings. The third-order valence-corrected chi connectivity index (χ3v) is 6.19. The van der Waals surface area contributed by atoms with Gasteiger partial charge >= 0.3 is 0 Å². The molecule has 1 rings (SSSR count). The quantitative estimate of drug-likeness (QED) is 0.740. The molecular weight excluding hydrogens is 356 g/mol. The summed E-state index contributed by atoms with van der Waals surface area (Å²) in [6.07, 6.45) is 0. The molecule has 23 heavy (non-hydrogen) atoms. The molecule has 1 amide bonds. The van der Waals surface area contributed by atoms with Gasteiger partial charge in [0.25, 0.3) is 0 Å². The fourth-order valence-corrected chi connectivity index (χ4v) is 3.75. The van der Waals surface area contributed by atoms with E-state index in [0.29, 0.717) is 11.6 Å². The monoisotopic (exact) mass is 378 g/mol. The predicted molar refractivity (Wildman–Crippen MR) is 96.5 cm³/mol. The second-order valence-electron chi connectivity index (χ2n) is 6.03. The van der Waals surface area contributed by atoms with Crippen molar-refractivity contribution in [2.45, 2.75) is 30.4 Å². The smallest absolute Gasteiger partial charge is 0.243 e. The molecule has 1 aromatic rings. The number of sulfonamides is 1. The van der Waals surface area contributed by atoms with Gasteiger partial charge in [0, 0.05) is 29.1 Å². The van der Waals surface area contributed by atoms with E-state index in [-0.39, 0.29) is 22.1 Å². The number of hydrogen-bond donors (Lipinski definition) is 1. The minimum absolute atomic E-state index is 0.112. The molecule has 0 spiro atoms. The molecule has 0 saturated heterocycles. The molecule has 0 bridgehead atoms. The van der Waals surface area contributed by atoms with Crippen molar-refractivity contribution in [1.29, 1.82) is 0 Å². The van der Waals surface area contributed by atoms with Crippen LogP contribution < -0.4 is 5.32 Å². The van der Waals surface area contributed by atoms with E-state index in [1.54, 1.807) is 11.8 Å². The Morgan fingerprint density at radius 1 is 1.26 bits per heavy atom. The topological polar surface area (TPSA) is 66.5 Å². The Hall–Kier alpha value is -0.760. The van der Waals surface area contributed by atoms with Gasteiger partial charge in [0.15, 0.2) is 0 Å². The highest BCUT2D eigenvalue weighted by molar-refractivity contribution is 8.00. The first-order valence-corrected chi connectivity index (χ1v) is 9.95. The van der Waals surface area contributed by atoms with Gasteiger partial charge in [-0.3, -0.25) is 4.79 Å². The second-order valence-corrected chi connectivity index (χ2v) is 10.4. The maximum Gasteiger partial charge on any atom is 0.243 e. The number of benzene rings is 1. The summed E-state index contributed by atoms with van der Waals surface area (Å²) < 4.78 is 25.8. The number of likely N-dealkylation sites (N-methyl/N-ethyl adjacent to an activating group) is 1. The van der Waals surface area contributed by atoms with Crippen LogP contribution in [0.25, 0.3) is 0 Å². The van der Waals surface area contributed by atoms with Crippen molar-refractivity contribution in [2.24, 2.45) is 0 Å². The lowest BCUT2D eigenvalue weighted by Gasteiger charge is -2.19. The van der Waals surface area contributed by atoms with E-state index in [9.17, 15) is 13.2 Å². The van der Waals surface area contributed by atoms with Gasteiger partial charge in [-0.1, -0.05) is 32.4 Å². The largest absolute Gasteiger partial charge is 0.354 e. The number of carbonyl (C=O) groups is 1. The van der Waals surface area contributed by atoms with Gasteiger partial charge in [-0.25, -0.2) is 8.42 Å². The summed E-state index contributed by atoms with van der Waals surface area (Å²) in [7, 11) is -2.31. The van der Waals surface area contributed by atoms with E-state index in [1.165, 1.54) is 31.3 Å². The normalized spacial score (nSPS) is 12.4. The zero-order valence-corrected chi connectivity index (χ0v) is 16.2. The summed E-state index contributed by atoms with van der Waals surface area (Å²) in [6, 6.07) is 5.86. The van der Waals surface area contributed by atoms with Gasteiger partial charge in [0.2, 0.25) is 15.9 Å². The van der Waals surface area contributed by atoms with E-state index < -0.39 is 10.0 Å². The number of rotatable bonds is 7. The minimum atomic E-state index is -3.70. The van der Waals surface area contributed by atoms with Gasteiger partial charge < -0.3 is 5.32 Å². The molecule has 0 unspecified atom stereocenters. The van der Waals surface area contributed by atoms with E-state index in [0.717, 1.165) is 10.1 Å². The summed E-state index contributed by atoms with van der Waals surface area (Å²) in [4.78, 5) is 12.0. The first-order chi connectivity index (χ1) is 10.5. The Labute approximate surface area is 147 Å². The van der Waals surface area contributed by atoms with Crippen LogP contribution in [0.1, 0.15) is 20.8 Å². The Balaban J connectivity index is 2.52. The van der Waals surface area contributed by atoms with Crippen molar-refractivity contribution >= 4 is 39.3 Å². The molecule has 0 atom stereocenters. The van der Waals surface area contributed by atoms with Crippen LogP contribution in [0.2, 0.25) is 5.02 Å². The zero-order chi connectivity index (χ0) is 17.7. The van der Waals surface area contributed by atoms with Crippen LogP contribution in [-0.4, -0.2) is 49.3 Å². The SMILES string of the molecule is CN(CC(=O)NCCSC(C)(C)C)S(=O)(=O)c1ccc(Cl)cc1. The standard InChI is InChI=1S/C15H23ClN2O3S2/c1-15(2,3)22-10-9-17-14(19)11-18(4)23(20,21)13-7-5-12(16)6-8-13/h5-8H,9-11H2,1-4H3,(H,17,19). The van der Waals surface area contributed by atoms with Crippen LogP contribution in [0.3, 0.4) is 0 Å². The molecule has 0 aliphatic carbocycles. The number of carbonyl (C=O) groups excluding carboxylic acids is 1. The maximum absolute atomic E-state index is 12.3. The Kier molecular flexibility index (Phi) is 7.38. The molecule has 5 nitrogen and oxygen atoms in total. The van der Waals surface area contributed by atoms with E-state index >= 15 is 0 Å². The summed E-state index contributed by atoms with van der Waals surface area (Å²) >= 11 is 7.49. The fourth-order valence-electron chi connectivity index (χ4n) is 1.68. The molecular formula is C15H23ClN2O3S2.